The fraction of sp³-hybridized carbons (Fsp3) is 0.133. The van der Waals surface area contributed by atoms with Gasteiger partial charge in [-0.05, 0) is 29.4 Å². The second kappa shape index (κ2) is 8.02. The van der Waals surface area contributed by atoms with Gasteiger partial charge in [-0.1, -0.05) is 11.6 Å². The molecule has 0 aliphatic carbocycles. The molecule has 0 spiro atoms. The van der Waals surface area contributed by atoms with Crippen LogP contribution in [0.15, 0.2) is 53.0 Å². The number of guanidine groups is 1. The molecule has 1 aromatic heterocycles. The number of quaternary nitrogens is 1. The summed E-state index contributed by atoms with van der Waals surface area (Å²) >= 11 is 5.86. The first-order valence-corrected chi connectivity index (χ1v) is 7.60. The van der Waals surface area contributed by atoms with Crippen LogP contribution in [0.25, 0.3) is 0 Å². The number of nitrogens with two attached hydrogens (primary N) is 1. The molecule has 10 heteroatoms. The minimum absolute atomic E-state index is 0. The van der Waals surface area contributed by atoms with Gasteiger partial charge in [-0.25, -0.2) is 4.98 Å². The molecule has 25 heavy (non-hydrogen) atoms. The monoisotopic (exact) mass is 379 g/mol. The topological polar surface area (TPSA) is 96.0 Å². The molecule has 1 aliphatic rings. The van der Waals surface area contributed by atoms with Gasteiger partial charge in [0.1, 0.15) is 34.2 Å². The Morgan fingerprint density at radius 3 is 2.52 bits per heavy atom. The minimum atomic E-state index is 0. The van der Waals surface area contributed by atoms with E-state index in [0.717, 1.165) is 22.2 Å². The van der Waals surface area contributed by atoms with Crippen molar-refractivity contribution in [3.8, 4) is 0 Å². The smallest absolute Gasteiger partial charge is 0.524 e. The molecule has 2 aromatic rings. The fourth-order valence-corrected chi connectivity index (χ4v) is 2.35. The fourth-order valence-electron chi connectivity index (χ4n) is 2.16. The van der Waals surface area contributed by atoms with Crippen molar-refractivity contribution in [1.29, 1.82) is 0 Å². The summed E-state index contributed by atoms with van der Waals surface area (Å²) in [4.78, 5) is 8.96. The van der Waals surface area contributed by atoms with Crippen molar-refractivity contribution in [3.63, 3.8) is 0 Å². The summed E-state index contributed by atoms with van der Waals surface area (Å²) in [6.07, 6.45) is 3.95. The van der Waals surface area contributed by atoms with Crippen molar-refractivity contribution in [2.24, 2.45) is 10.2 Å². The van der Waals surface area contributed by atoms with Crippen molar-refractivity contribution in [2.75, 3.05) is 25.1 Å². The summed E-state index contributed by atoms with van der Waals surface area (Å²) in [6, 6.07) is 9.06. The molecule has 3 rings (SSSR count). The number of benzene rings is 1. The molecule has 0 saturated heterocycles. The van der Waals surface area contributed by atoms with Crippen molar-refractivity contribution >= 4 is 40.7 Å². The Balaban J connectivity index is 0.00000225. The quantitative estimate of drug-likeness (QED) is 0.345. The lowest BCUT2D eigenvalue weighted by molar-refractivity contribution is -0.735. The number of hydrogen-bond acceptors (Lipinski definition) is 6. The average Bonchev–Trinajstić information content (AvgIpc) is 2.84. The second-order valence-corrected chi connectivity index (χ2v) is 5.63. The second-order valence-electron chi connectivity index (χ2n) is 5.24. The molecular weight excluding hydrogens is 363 g/mol. The maximum Gasteiger partial charge on any atom is 0.524 e. The zero-order valence-electron chi connectivity index (χ0n) is 13.6. The Labute approximate surface area is 156 Å². The van der Waals surface area contributed by atoms with E-state index in [9.17, 15) is 0 Å². The van der Waals surface area contributed by atoms with E-state index in [1.54, 1.807) is 6.07 Å². The number of anilines is 3. The molecule has 0 saturated carbocycles. The van der Waals surface area contributed by atoms with Gasteiger partial charge in [-0.3, -0.25) is 0 Å². The van der Waals surface area contributed by atoms with Gasteiger partial charge in [-0.2, -0.15) is 14.5 Å². The van der Waals surface area contributed by atoms with Crippen molar-refractivity contribution < 1.29 is 21.9 Å². The molecule has 4 N–H and O–H groups in total. The summed E-state index contributed by atoms with van der Waals surface area (Å²) in [7, 11) is 3.94. The van der Waals surface area contributed by atoms with Gasteiger partial charge in [0.15, 0.2) is 0 Å². The van der Waals surface area contributed by atoms with Crippen molar-refractivity contribution in [2.45, 2.75) is 0 Å². The largest absolute Gasteiger partial charge is 1.00 e. The van der Waals surface area contributed by atoms with E-state index >= 15 is 0 Å². The summed E-state index contributed by atoms with van der Waals surface area (Å²) in [5, 5.41) is 11.9. The SMILES string of the molecule is C[N+]1=C(N=Nc2ccc(Nc3cc(Cl)nc(N)n3)cc2)[NH+](C)C=C1.[Cl-]. The predicted octanol–water partition coefficient (Wildman–Crippen LogP) is -1.46. The van der Waals surface area contributed by atoms with Crippen LogP contribution >= 0.6 is 11.6 Å². The molecule has 8 nitrogen and oxygen atoms in total. The lowest BCUT2D eigenvalue weighted by Crippen LogP contribution is -3.06. The molecule has 1 aliphatic heterocycles. The molecule has 1 unspecified atom stereocenters. The van der Waals surface area contributed by atoms with Crippen LogP contribution in [0.5, 0.6) is 0 Å². The Hall–Kier alpha value is -2.55. The first-order chi connectivity index (χ1) is 11.5. The van der Waals surface area contributed by atoms with E-state index in [1.807, 2.05) is 55.3 Å². The van der Waals surface area contributed by atoms with Gasteiger partial charge in [0.25, 0.3) is 0 Å². The first kappa shape index (κ1) is 18.8. The van der Waals surface area contributed by atoms with Crippen molar-refractivity contribution in [3.05, 3.63) is 47.9 Å². The van der Waals surface area contributed by atoms with Gasteiger partial charge in [-0.15, -0.1) is 0 Å². The van der Waals surface area contributed by atoms with E-state index in [0.29, 0.717) is 5.82 Å². The number of halogens is 2. The highest BCUT2D eigenvalue weighted by Crippen LogP contribution is 2.21. The minimum Gasteiger partial charge on any atom is -1.00 e. The Morgan fingerprint density at radius 1 is 1.20 bits per heavy atom. The third-order valence-corrected chi connectivity index (χ3v) is 3.54. The van der Waals surface area contributed by atoms with Crippen LogP contribution in [-0.4, -0.2) is 34.6 Å². The number of nitrogen functional groups attached to an aromatic ring is 1. The summed E-state index contributed by atoms with van der Waals surface area (Å²) in [5.74, 6) is 1.48. The highest BCUT2D eigenvalue weighted by molar-refractivity contribution is 6.29. The molecule has 0 fully saturated rings. The Morgan fingerprint density at radius 2 is 1.92 bits per heavy atom. The van der Waals surface area contributed by atoms with Gasteiger partial charge >= 0.3 is 5.96 Å². The van der Waals surface area contributed by atoms with E-state index in [1.165, 1.54) is 0 Å². The van der Waals surface area contributed by atoms with Crippen LogP contribution in [0.4, 0.5) is 23.1 Å². The molecule has 1 atom stereocenters. The Bertz CT molecular complexity index is 825. The normalized spacial score (nSPS) is 16.4. The zero-order valence-corrected chi connectivity index (χ0v) is 15.1. The zero-order chi connectivity index (χ0) is 17.1. The van der Waals surface area contributed by atoms with Crippen LogP contribution in [0.1, 0.15) is 0 Å². The number of hydrogen-bond donors (Lipinski definition) is 3. The molecule has 1 aromatic carbocycles. The van der Waals surface area contributed by atoms with E-state index in [2.05, 4.69) is 25.5 Å². The summed E-state index contributed by atoms with van der Waals surface area (Å²) in [6.45, 7) is 0. The molecule has 130 valence electrons. The van der Waals surface area contributed by atoms with E-state index in [4.69, 9.17) is 17.3 Å². The van der Waals surface area contributed by atoms with Crippen molar-refractivity contribution in [1.82, 2.24) is 9.97 Å². The van der Waals surface area contributed by atoms with Gasteiger partial charge in [0.2, 0.25) is 5.95 Å². The number of nitrogens with one attached hydrogen (secondary N) is 2. The number of rotatable bonds is 3. The lowest BCUT2D eigenvalue weighted by Gasteiger charge is -2.06. The van der Waals surface area contributed by atoms with Gasteiger partial charge < -0.3 is 23.5 Å². The maximum atomic E-state index is 5.86. The van der Waals surface area contributed by atoms with E-state index in [-0.39, 0.29) is 23.5 Å². The molecule has 2 heterocycles. The lowest BCUT2D eigenvalue weighted by atomic mass is 10.3. The summed E-state index contributed by atoms with van der Waals surface area (Å²) < 4.78 is 1.93. The van der Waals surface area contributed by atoms with Crippen LogP contribution in [0.3, 0.4) is 0 Å². The number of aromatic nitrogens is 2. The van der Waals surface area contributed by atoms with Gasteiger partial charge in [0, 0.05) is 11.8 Å². The molecule has 0 bridgehead atoms. The average molecular weight is 380 g/mol. The van der Waals surface area contributed by atoms with Crippen LogP contribution in [0, 0.1) is 0 Å². The predicted molar refractivity (Wildman–Crippen MR) is 92.9 cm³/mol. The summed E-state index contributed by atoms with van der Waals surface area (Å²) in [5.41, 5.74) is 7.15. The number of nitrogens with zero attached hydrogens (tertiary/aromatic N) is 5. The maximum absolute atomic E-state index is 5.86. The third-order valence-electron chi connectivity index (χ3n) is 3.35. The van der Waals surface area contributed by atoms with Crippen LogP contribution in [-0.2, 0) is 0 Å². The van der Waals surface area contributed by atoms with Crippen LogP contribution < -0.4 is 28.4 Å². The Kier molecular flexibility index (Phi) is 6.02. The number of azo groups is 1. The first-order valence-electron chi connectivity index (χ1n) is 7.22. The highest BCUT2D eigenvalue weighted by Gasteiger charge is 2.26. The standard InChI is InChI=1S/C15H15ClN8.ClH/c1-23-7-8-24(2)15(23)22-21-11-5-3-10(4-6-11)18-13-9-12(16)19-14(17)20-13;/h3-9H,1-2H3,(H2,17,19,20);1H/p+1. The van der Waals surface area contributed by atoms with E-state index < -0.39 is 0 Å². The van der Waals surface area contributed by atoms with Crippen LogP contribution in [0.2, 0.25) is 5.15 Å². The van der Waals surface area contributed by atoms with Gasteiger partial charge in [0.05, 0.1) is 14.1 Å². The third kappa shape index (κ3) is 4.72. The molecule has 0 radical (unpaired) electrons. The molecular formula is C15H17Cl2N8+. The molecule has 0 amide bonds. The highest BCUT2D eigenvalue weighted by atomic mass is 35.5.